The van der Waals surface area contributed by atoms with Crippen LogP contribution in [0, 0.1) is 5.82 Å². The fraction of sp³-hybridized carbons (Fsp3) is 0.632. The van der Waals surface area contributed by atoms with Crippen molar-refractivity contribution < 1.29 is 9.13 Å². The summed E-state index contributed by atoms with van der Waals surface area (Å²) in [6.07, 6.45) is 5.02. The first-order valence-electron chi connectivity index (χ1n) is 9.26. The average molecular weight is 350 g/mol. The second-order valence-electron chi connectivity index (χ2n) is 6.52. The number of hydrogen-bond donors (Lipinski definition) is 2. The van der Waals surface area contributed by atoms with Crippen molar-refractivity contribution in [3.05, 3.63) is 30.1 Å². The lowest BCUT2D eigenvalue weighted by molar-refractivity contribution is 0.223. The summed E-state index contributed by atoms with van der Waals surface area (Å²) >= 11 is 0. The number of halogens is 1. The molecule has 1 fully saturated rings. The highest BCUT2D eigenvalue weighted by Gasteiger charge is 2.10. The Labute approximate surface area is 150 Å². The van der Waals surface area contributed by atoms with Gasteiger partial charge in [0.2, 0.25) is 0 Å². The number of ether oxygens (including phenoxy) is 1. The zero-order valence-electron chi connectivity index (χ0n) is 15.4. The normalized spacial score (nSPS) is 16.7. The van der Waals surface area contributed by atoms with Gasteiger partial charge >= 0.3 is 0 Å². The number of guanidine groups is 1. The minimum atomic E-state index is -0.257. The summed E-state index contributed by atoms with van der Waals surface area (Å²) < 4.78 is 18.6. The van der Waals surface area contributed by atoms with Crippen LogP contribution >= 0.6 is 0 Å². The van der Waals surface area contributed by atoms with E-state index in [4.69, 9.17) is 4.74 Å². The summed E-state index contributed by atoms with van der Waals surface area (Å²) in [6.45, 7) is 7.26. The molecule has 1 atom stereocenters. The fourth-order valence-electron chi connectivity index (χ4n) is 2.92. The number of aliphatic imine (C=N–C) groups is 1. The first-order valence-corrected chi connectivity index (χ1v) is 9.26. The minimum absolute atomic E-state index is 0.0424. The lowest BCUT2D eigenvalue weighted by Gasteiger charge is -2.18. The van der Waals surface area contributed by atoms with Crippen LogP contribution in [0.2, 0.25) is 0 Å². The minimum Gasteiger partial charge on any atom is -0.489 e. The monoisotopic (exact) mass is 350 g/mol. The van der Waals surface area contributed by atoms with Crippen molar-refractivity contribution >= 4 is 5.96 Å². The smallest absolute Gasteiger partial charge is 0.191 e. The van der Waals surface area contributed by atoms with Crippen LogP contribution in [0.4, 0.5) is 4.39 Å². The molecule has 5 nitrogen and oxygen atoms in total. The van der Waals surface area contributed by atoms with Gasteiger partial charge in [0.1, 0.15) is 17.7 Å². The van der Waals surface area contributed by atoms with Gasteiger partial charge < -0.3 is 20.3 Å². The van der Waals surface area contributed by atoms with E-state index < -0.39 is 0 Å². The van der Waals surface area contributed by atoms with Crippen LogP contribution in [0.1, 0.15) is 32.6 Å². The largest absolute Gasteiger partial charge is 0.489 e. The predicted octanol–water partition coefficient (Wildman–Crippen LogP) is 2.63. The summed E-state index contributed by atoms with van der Waals surface area (Å²) in [6, 6.07) is 6.08. The van der Waals surface area contributed by atoms with Crippen LogP contribution in [0.15, 0.2) is 29.3 Å². The average Bonchev–Trinajstić information content (AvgIpc) is 3.13. The number of benzene rings is 1. The Morgan fingerprint density at radius 3 is 2.60 bits per heavy atom. The van der Waals surface area contributed by atoms with E-state index in [0.717, 1.165) is 18.9 Å². The predicted molar refractivity (Wildman–Crippen MR) is 101 cm³/mol. The standard InChI is InChI=1S/C19H31FN4O/c1-16(25-18-9-7-17(20)8-10-18)15-23-19(21-2)22-11-3-4-12-24-13-5-6-14-24/h7-10,16H,3-6,11-15H2,1-2H3,(H2,21,22,23). The molecule has 1 saturated heterocycles. The fourth-order valence-corrected chi connectivity index (χ4v) is 2.92. The van der Waals surface area contributed by atoms with E-state index in [-0.39, 0.29) is 11.9 Å². The molecule has 1 aliphatic heterocycles. The lowest BCUT2D eigenvalue weighted by atomic mass is 10.3. The zero-order valence-corrected chi connectivity index (χ0v) is 15.4. The van der Waals surface area contributed by atoms with Crippen molar-refractivity contribution in [3.63, 3.8) is 0 Å². The molecule has 0 spiro atoms. The maximum Gasteiger partial charge on any atom is 0.191 e. The number of rotatable bonds is 9. The number of nitrogens with zero attached hydrogens (tertiary/aromatic N) is 2. The van der Waals surface area contributed by atoms with E-state index in [1.54, 1.807) is 19.2 Å². The molecule has 0 radical (unpaired) electrons. The van der Waals surface area contributed by atoms with Gasteiger partial charge in [-0.15, -0.1) is 0 Å². The quantitative estimate of drug-likeness (QED) is 0.408. The molecule has 140 valence electrons. The molecular weight excluding hydrogens is 319 g/mol. The molecule has 1 unspecified atom stereocenters. The van der Waals surface area contributed by atoms with E-state index in [2.05, 4.69) is 20.5 Å². The molecule has 1 heterocycles. The first-order chi connectivity index (χ1) is 12.2. The SMILES string of the molecule is CN=C(NCCCCN1CCCC1)NCC(C)Oc1ccc(F)cc1. The van der Waals surface area contributed by atoms with Crippen LogP contribution in [0.3, 0.4) is 0 Å². The van der Waals surface area contributed by atoms with Crippen LogP contribution in [0.5, 0.6) is 5.75 Å². The van der Waals surface area contributed by atoms with E-state index in [0.29, 0.717) is 12.3 Å². The van der Waals surface area contributed by atoms with Crippen LogP contribution in [0.25, 0.3) is 0 Å². The van der Waals surface area contributed by atoms with Gasteiger partial charge in [-0.2, -0.15) is 0 Å². The molecular formula is C19H31FN4O. The van der Waals surface area contributed by atoms with E-state index in [9.17, 15) is 4.39 Å². The maximum atomic E-state index is 12.9. The number of likely N-dealkylation sites (tertiary alicyclic amines) is 1. The van der Waals surface area contributed by atoms with Crippen molar-refractivity contribution in [1.82, 2.24) is 15.5 Å². The van der Waals surface area contributed by atoms with Crippen molar-refractivity contribution in [3.8, 4) is 5.75 Å². The molecule has 25 heavy (non-hydrogen) atoms. The van der Waals surface area contributed by atoms with Crippen molar-refractivity contribution in [2.45, 2.75) is 38.7 Å². The molecule has 2 rings (SSSR count). The zero-order chi connectivity index (χ0) is 17.9. The van der Waals surface area contributed by atoms with Crippen LogP contribution in [-0.2, 0) is 0 Å². The van der Waals surface area contributed by atoms with E-state index >= 15 is 0 Å². The summed E-state index contributed by atoms with van der Waals surface area (Å²) in [7, 11) is 1.77. The van der Waals surface area contributed by atoms with E-state index in [1.807, 2.05) is 6.92 Å². The van der Waals surface area contributed by atoms with Gasteiger partial charge in [-0.25, -0.2) is 4.39 Å². The highest BCUT2D eigenvalue weighted by atomic mass is 19.1. The highest BCUT2D eigenvalue weighted by Crippen LogP contribution is 2.12. The Kier molecular flexibility index (Phi) is 8.52. The van der Waals surface area contributed by atoms with E-state index in [1.165, 1.54) is 51.0 Å². The van der Waals surface area contributed by atoms with Gasteiger partial charge in [0.05, 0.1) is 6.54 Å². The van der Waals surface area contributed by atoms with Crippen molar-refractivity contribution in [1.29, 1.82) is 0 Å². The molecule has 1 aromatic carbocycles. The van der Waals surface area contributed by atoms with Gasteiger partial charge in [0, 0.05) is 13.6 Å². The highest BCUT2D eigenvalue weighted by molar-refractivity contribution is 5.79. The molecule has 2 N–H and O–H groups in total. The summed E-state index contributed by atoms with van der Waals surface area (Å²) in [5.74, 6) is 1.20. The third kappa shape index (κ3) is 7.73. The lowest BCUT2D eigenvalue weighted by Crippen LogP contribution is -2.42. The third-order valence-electron chi connectivity index (χ3n) is 4.32. The molecule has 0 amide bonds. The molecule has 1 aromatic rings. The third-order valence-corrected chi connectivity index (χ3v) is 4.32. The Morgan fingerprint density at radius 2 is 1.92 bits per heavy atom. The van der Waals surface area contributed by atoms with Gasteiger partial charge in [-0.3, -0.25) is 4.99 Å². The molecule has 1 aliphatic rings. The van der Waals surface area contributed by atoms with Crippen LogP contribution in [-0.4, -0.2) is 56.7 Å². The van der Waals surface area contributed by atoms with Gasteiger partial charge in [0.25, 0.3) is 0 Å². The van der Waals surface area contributed by atoms with Gasteiger partial charge in [0.15, 0.2) is 5.96 Å². The van der Waals surface area contributed by atoms with Crippen molar-refractivity contribution in [2.24, 2.45) is 4.99 Å². The molecule has 0 bridgehead atoms. The number of nitrogens with one attached hydrogen (secondary N) is 2. The molecule has 6 heteroatoms. The molecule has 0 saturated carbocycles. The summed E-state index contributed by atoms with van der Waals surface area (Å²) in [5.41, 5.74) is 0. The Hall–Kier alpha value is -1.82. The topological polar surface area (TPSA) is 48.9 Å². The second kappa shape index (κ2) is 10.9. The number of hydrogen-bond acceptors (Lipinski definition) is 3. The summed E-state index contributed by atoms with van der Waals surface area (Å²) in [4.78, 5) is 6.78. The number of unbranched alkanes of at least 4 members (excludes halogenated alkanes) is 1. The maximum absolute atomic E-state index is 12.9. The van der Waals surface area contributed by atoms with Crippen molar-refractivity contribution in [2.75, 3.05) is 39.8 Å². The second-order valence-corrected chi connectivity index (χ2v) is 6.52. The Balaban J connectivity index is 1.56. The van der Waals surface area contributed by atoms with Crippen LogP contribution < -0.4 is 15.4 Å². The Morgan fingerprint density at radius 1 is 1.20 bits per heavy atom. The molecule has 0 aromatic heterocycles. The van der Waals surface area contributed by atoms with Gasteiger partial charge in [-0.05, 0) is 76.5 Å². The summed E-state index contributed by atoms with van der Waals surface area (Å²) in [5, 5.41) is 6.60. The Bertz CT molecular complexity index is 515. The first kappa shape index (κ1) is 19.5. The molecule has 0 aliphatic carbocycles. The van der Waals surface area contributed by atoms with Gasteiger partial charge in [-0.1, -0.05) is 0 Å².